The molecule has 0 saturated carbocycles. The molecule has 1 fully saturated rings. The number of amidine groups is 1. The summed E-state index contributed by atoms with van der Waals surface area (Å²) in [5, 5.41) is 2.76. The van der Waals surface area contributed by atoms with Crippen LogP contribution in [0.5, 0.6) is 0 Å². The summed E-state index contributed by atoms with van der Waals surface area (Å²) in [4.78, 5) is 14.2. The smallest absolute Gasteiger partial charge is 0.285 e. The topological polar surface area (TPSA) is 105 Å². The molecule has 0 aromatic heterocycles. The summed E-state index contributed by atoms with van der Waals surface area (Å²) in [7, 11) is -3.66. The van der Waals surface area contributed by atoms with E-state index in [1.807, 2.05) is 0 Å². The Morgan fingerprint density at radius 3 is 2.87 bits per heavy atom. The van der Waals surface area contributed by atoms with E-state index in [1.54, 1.807) is 29.2 Å². The molecule has 3 N–H and O–H groups in total. The van der Waals surface area contributed by atoms with Crippen molar-refractivity contribution in [2.75, 3.05) is 19.6 Å². The molecule has 1 atom stereocenters. The molecule has 1 unspecified atom stereocenters. The van der Waals surface area contributed by atoms with Crippen molar-refractivity contribution in [3.63, 3.8) is 0 Å². The van der Waals surface area contributed by atoms with Crippen LogP contribution in [0.3, 0.4) is 0 Å². The second-order valence-corrected chi connectivity index (χ2v) is 6.89. The fourth-order valence-electron chi connectivity index (χ4n) is 2.90. The van der Waals surface area contributed by atoms with Gasteiger partial charge in [0.05, 0.1) is 0 Å². The van der Waals surface area contributed by atoms with Crippen molar-refractivity contribution in [1.29, 1.82) is 0 Å². The quantitative estimate of drug-likeness (QED) is 0.797. The molecule has 23 heavy (non-hydrogen) atoms. The lowest BCUT2D eigenvalue weighted by molar-refractivity contribution is -0.124. The van der Waals surface area contributed by atoms with Crippen molar-refractivity contribution in [2.24, 2.45) is 10.1 Å². The lowest BCUT2D eigenvalue weighted by Crippen LogP contribution is -2.46. The first kappa shape index (κ1) is 17.7. The predicted molar refractivity (Wildman–Crippen MR) is 89.2 cm³/mol. The molecule has 3 rings (SSSR count). The molecule has 1 aromatic rings. The number of likely N-dealkylation sites (tertiary alicyclic amines) is 1. The minimum atomic E-state index is -3.66. The summed E-state index contributed by atoms with van der Waals surface area (Å²) >= 11 is 0. The molecule has 7 nitrogen and oxygen atoms in total. The number of rotatable bonds is 3. The average molecular weight is 359 g/mol. The van der Waals surface area contributed by atoms with E-state index >= 15 is 0 Å². The van der Waals surface area contributed by atoms with Crippen LogP contribution in [0.25, 0.3) is 0 Å². The molecule has 0 bridgehead atoms. The van der Waals surface area contributed by atoms with Gasteiger partial charge in [0, 0.05) is 25.2 Å². The molecule has 1 aromatic carbocycles. The second-order valence-electron chi connectivity index (χ2n) is 5.32. The molecule has 2 heterocycles. The maximum atomic E-state index is 12.2. The number of hydrogen-bond acceptors (Lipinski definition) is 5. The molecule has 2 aliphatic rings. The molecule has 0 spiro atoms. The van der Waals surface area contributed by atoms with Crippen LogP contribution < -0.4 is 11.1 Å². The number of sulfonamides is 1. The summed E-state index contributed by atoms with van der Waals surface area (Å²) in [6.07, 6.45) is 1.50. The molecule has 0 aliphatic carbocycles. The third-order valence-corrected chi connectivity index (χ3v) is 5.21. The SMILES string of the molecule is Cl.NCCNC(=O)C1CCCN1C1=NS(=O)(=O)c2ccccc21. The second kappa shape index (κ2) is 6.86. The van der Waals surface area contributed by atoms with Gasteiger partial charge < -0.3 is 16.0 Å². The number of fused-ring (bicyclic) bond motifs is 1. The number of carbonyl (C=O) groups excluding carboxylic acids is 1. The Morgan fingerprint density at radius 1 is 1.39 bits per heavy atom. The van der Waals surface area contributed by atoms with Crippen LogP contribution in [0.1, 0.15) is 18.4 Å². The molecule has 1 saturated heterocycles. The Balaban J connectivity index is 0.00000192. The average Bonchev–Trinajstić information content (AvgIpc) is 3.08. The number of hydrogen-bond donors (Lipinski definition) is 2. The van der Waals surface area contributed by atoms with Gasteiger partial charge in [0.2, 0.25) is 5.91 Å². The lowest BCUT2D eigenvalue weighted by atomic mass is 10.1. The summed E-state index contributed by atoms with van der Waals surface area (Å²) in [5.41, 5.74) is 5.97. The Kier molecular flexibility index (Phi) is 5.28. The zero-order chi connectivity index (χ0) is 15.7. The van der Waals surface area contributed by atoms with Crippen molar-refractivity contribution in [2.45, 2.75) is 23.8 Å². The molecule has 126 valence electrons. The van der Waals surface area contributed by atoms with E-state index in [0.717, 1.165) is 6.42 Å². The van der Waals surface area contributed by atoms with Crippen molar-refractivity contribution in [1.82, 2.24) is 10.2 Å². The van der Waals surface area contributed by atoms with E-state index in [9.17, 15) is 13.2 Å². The molecule has 2 aliphatic heterocycles. The van der Waals surface area contributed by atoms with Gasteiger partial charge in [-0.1, -0.05) is 12.1 Å². The number of nitrogens with one attached hydrogen (secondary N) is 1. The number of nitrogens with zero attached hydrogens (tertiary/aromatic N) is 2. The standard InChI is InChI=1S/C14H18N4O3S.ClH/c15-7-8-16-14(19)11-5-3-9-18(11)13-10-4-1-2-6-12(10)22(20,21)17-13;/h1-2,4,6,11H,3,5,7-9,15H2,(H,16,19);1H. The number of amides is 1. The van der Waals surface area contributed by atoms with Crippen molar-refractivity contribution < 1.29 is 13.2 Å². The van der Waals surface area contributed by atoms with Crippen LogP contribution in [0.2, 0.25) is 0 Å². The largest absolute Gasteiger partial charge is 0.353 e. The monoisotopic (exact) mass is 358 g/mol. The summed E-state index contributed by atoms with van der Waals surface area (Å²) < 4.78 is 28.2. The van der Waals surface area contributed by atoms with Crippen molar-refractivity contribution in [3.8, 4) is 0 Å². The summed E-state index contributed by atoms with van der Waals surface area (Å²) in [6.45, 7) is 1.39. The first-order valence-electron chi connectivity index (χ1n) is 7.23. The normalized spacial score (nSPS) is 21.3. The van der Waals surface area contributed by atoms with E-state index in [4.69, 9.17) is 5.73 Å². The third kappa shape index (κ3) is 3.19. The minimum Gasteiger partial charge on any atom is -0.353 e. The lowest BCUT2D eigenvalue weighted by Gasteiger charge is -2.25. The third-order valence-electron chi connectivity index (χ3n) is 3.88. The number of carbonyl (C=O) groups is 1. The molecule has 0 radical (unpaired) electrons. The Bertz CT molecular complexity index is 735. The van der Waals surface area contributed by atoms with Crippen LogP contribution in [-0.4, -0.2) is 50.7 Å². The zero-order valence-corrected chi connectivity index (χ0v) is 14.1. The fraction of sp³-hybridized carbons (Fsp3) is 0.429. The van der Waals surface area contributed by atoms with Gasteiger partial charge in [0.1, 0.15) is 10.9 Å². The van der Waals surface area contributed by atoms with Crippen LogP contribution in [-0.2, 0) is 14.8 Å². The highest BCUT2D eigenvalue weighted by atomic mass is 35.5. The number of nitrogens with two attached hydrogens (primary N) is 1. The van der Waals surface area contributed by atoms with E-state index in [1.165, 1.54) is 0 Å². The maximum Gasteiger partial charge on any atom is 0.285 e. The Labute approximate surface area is 141 Å². The van der Waals surface area contributed by atoms with Crippen LogP contribution in [0.4, 0.5) is 0 Å². The highest BCUT2D eigenvalue weighted by Crippen LogP contribution is 2.30. The maximum absolute atomic E-state index is 12.2. The van der Waals surface area contributed by atoms with Gasteiger partial charge in [-0.2, -0.15) is 8.42 Å². The van der Waals surface area contributed by atoms with Crippen LogP contribution in [0.15, 0.2) is 33.6 Å². The number of halogens is 1. The fourth-order valence-corrected chi connectivity index (χ4v) is 4.12. The van der Waals surface area contributed by atoms with E-state index in [2.05, 4.69) is 9.71 Å². The van der Waals surface area contributed by atoms with Crippen LogP contribution in [0, 0.1) is 0 Å². The van der Waals surface area contributed by atoms with Gasteiger partial charge in [-0.05, 0) is 25.0 Å². The zero-order valence-electron chi connectivity index (χ0n) is 12.4. The first-order chi connectivity index (χ1) is 10.5. The highest BCUT2D eigenvalue weighted by Gasteiger charge is 2.38. The molecule has 9 heteroatoms. The van der Waals surface area contributed by atoms with Gasteiger partial charge in [-0.3, -0.25) is 4.79 Å². The summed E-state index contributed by atoms with van der Waals surface area (Å²) in [6, 6.07) is 6.32. The van der Waals surface area contributed by atoms with E-state index in [-0.39, 0.29) is 23.2 Å². The van der Waals surface area contributed by atoms with Crippen LogP contribution >= 0.6 is 12.4 Å². The van der Waals surface area contributed by atoms with Gasteiger partial charge >= 0.3 is 0 Å². The predicted octanol–water partition coefficient (Wildman–Crippen LogP) is 0.0966. The Morgan fingerprint density at radius 2 is 2.13 bits per heavy atom. The van der Waals surface area contributed by atoms with Crippen molar-refractivity contribution >= 4 is 34.2 Å². The first-order valence-corrected chi connectivity index (χ1v) is 8.67. The number of benzene rings is 1. The van der Waals surface area contributed by atoms with Crippen molar-refractivity contribution in [3.05, 3.63) is 29.8 Å². The molecular formula is C14H19ClN4O3S. The minimum absolute atomic E-state index is 0. The summed E-state index contributed by atoms with van der Waals surface area (Å²) in [5.74, 6) is 0.244. The van der Waals surface area contributed by atoms with E-state index < -0.39 is 16.1 Å². The Hall–Kier alpha value is -1.64. The van der Waals surface area contributed by atoms with Gasteiger partial charge in [-0.25, -0.2) is 0 Å². The molecule has 1 amide bonds. The molecular weight excluding hydrogens is 340 g/mol. The van der Waals surface area contributed by atoms with Gasteiger partial charge in [0.25, 0.3) is 10.0 Å². The van der Waals surface area contributed by atoms with E-state index in [0.29, 0.717) is 37.5 Å². The van der Waals surface area contributed by atoms with Gasteiger partial charge in [-0.15, -0.1) is 16.8 Å². The van der Waals surface area contributed by atoms with Gasteiger partial charge in [0.15, 0.2) is 5.84 Å². The highest BCUT2D eigenvalue weighted by molar-refractivity contribution is 7.90.